The van der Waals surface area contributed by atoms with Crippen LogP contribution in [-0.2, 0) is 32.6 Å². The van der Waals surface area contributed by atoms with Crippen molar-refractivity contribution < 1.29 is 18.0 Å². The molecule has 0 saturated heterocycles. The highest BCUT2D eigenvalue weighted by Crippen LogP contribution is 2.23. The molecular weight excluding hydrogens is 554 g/mol. The maximum absolute atomic E-state index is 13.9. The second-order valence-electron chi connectivity index (χ2n) is 8.80. The number of halogens is 1. The van der Waals surface area contributed by atoms with Crippen molar-refractivity contribution in [2.24, 2.45) is 0 Å². The van der Waals surface area contributed by atoms with E-state index in [4.69, 9.17) is 0 Å². The van der Waals surface area contributed by atoms with Crippen LogP contribution in [0.5, 0.6) is 0 Å². The van der Waals surface area contributed by atoms with Crippen LogP contribution in [0.4, 0.5) is 5.69 Å². The summed E-state index contributed by atoms with van der Waals surface area (Å²) < 4.78 is 27.6. The molecule has 0 fully saturated rings. The Balaban J connectivity index is 2.04. The van der Waals surface area contributed by atoms with Crippen molar-refractivity contribution in [3.05, 3.63) is 100 Å². The normalized spacial score (nSPS) is 12.0. The number of rotatable bonds is 11. The number of aryl methyl sites for hydroxylation is 1. The predicted octanol–water partition coefficient (Wildman–Crippen LogP) is 4.30. The fourth-order valence-corrected chi connectivity index (χ4v) is 5.24. The summed E-state index contributed by atoms with van der Waals surface area (Å²) in [6, 6.07) is 23.1. The Labute approximate surface area is 227 Å². The Kier molecular flexibility index (Phi) is 9.88. The second-order valence-corrected chi connectivity index (χ2v) is 11.6. The number of hydrogen-bond acceptors (Lipinski definition) is 4. The summed E-state index contributed by atoms with van der Waals surface area (Å²) in [6.45, 7) is 3.74. The van der Waals surface area contributed by atoms with Crippen LogP contribution in [0, 0.1) is 6.92 Å². The smallest absolute Gasteiger partial charge is 0.244 e. The molecule has 0 unspecified atom stereocenters. The second kappa shape index (κ2) is 12.9. The highest BCUT2D eigenvalue weighted by atomic mass is 79.9. The van der Waals surface area contributed by atoms with E-state index >= 15 is 0 Å². The summed E-state index contributed by atoms with van der Waals surface area (Å²) in [5, 5.41) is 2.85. The molecule has 1 atom stereocenters. The first-order chi connectivity index (χ1) is 17.6. The van der Waals surface area contributed by atoms with Gasteiger partial charge in [0.15, 0.2) is 0 Å². The van der Waals surface area contributed by atoms with Gasteiger partial charge in [-0.15, -0.1) is 0 Å². The summed E-state index contributed by atoms with van der Waals surface area (Å²) >= 11 is 3.43. The Hall–Kier alpha value is -3.17. The number of amides is 2. The van der Waals surface area contributed by atoms with Crippen LogP contribution in [0.15, 0.2) is 83.3 Å². The van der Waals surface area contributed by atoms with Crippen LogP contribution in [0.1, 0.15) is 23.6 Å². The van der Waals surface area contributed by atoms with Gasteiger partial charge in [0.2, 0.25) is 21.8 Å². The van der Waals surface area contributed by atoms with Crippen LogP contribution < -0.4 is 9.62 Å². The fraction of sp³-hybridized carbons (Fsp3) is 0.286. The van der Waals surface area contributed by atoms with Gasteiger partial charge in [-0.05, 0) is 48.7 Å². The number of hydrogen-bond donors (Lipinski definition) is 1. The molecule has 0 aliphatic heterocycles. The molecule has 37 heavy (non-hydrogen) atoms. The molecule has 9 heteroatoms. The van der Waals surface area contributed by atoms with Crippen LogP contribution in [0.3, 0.4) is 0 Å². The molecule has 3 rings (SSSR count). The molecule has 196 valence electrons. The third kappa shape index (κ3) is 7.90. The summed E-state index contributed by atoms with van der Waals surface area (Å²) in [5.74, 6) is -0.762. The molecule has 0 aromatic heterocycles. The van der Waals surface area contributed by atoms with Gasteiger partial charge in [0.25, 0.3) is 0 Å². The minimum Gasteiger partial charge on any atom is -0.355 e. The first-order valence-corrected chi connectivity index (χ1v) is 14.6. The first-order valence-electron chi connectivity index (χ1n) is 12.0. The molecule has 0 saturated carbocycles. The van der Waals surface area contributed by atoms with Gasteiger partial charge in [0, 0.05) is 24.0 Å². The quantitative estimate of drug-likeness (QED) is 0.363. The number of nitrogens with zero attached hydrogens (tertiary/aromatic N) is 2. The number of carbonyl (C=O) groups excluding carboxylic acids is 2. The highest BCUT2D eigenvalue weighted by molar-refractivity contribution is 9.10. The third-order valence-electron chi connectivity index (χ3n) is 5.95. The number of carbonyl (C=O) groups is 2. The molecule has 7 nitrogen and oxygen atoms in total. The topological polar surface area (TPSA) is 86.8 Å². The minimum atomic E-state index is -3.78. The van der Waals surface area contributed by atoms with E-state index in [1.807, 2.05) is 67.6 Å². The third-order valence-corrected chi connectivity index (χ3v) is 7.61. The van der Waals surface area contributed by atoms with Gasteiger partial charge >= 0.3 is 0 Å². The van der Waals surface area contributed by atoms with E-state index in [9.17, 15) is 18.0 Å². The van der Waals surface area contributed by atoms with E-state index in [1.54, 1.807) is 25.1 Å². The molecule has 2 amide bonds. The van der Waals surface area contributed by atoms with Crippen molar-refractivity contribution in [2.45, 2.75) is 32.9 Å². The Bertz CT molecular complexity index is 1310. The van der Waals surface area contributed by atoms with Crippen LogP contribution in [0.2, 0.25) is 0 Å². The van der Waals surface area contributed by atoms with Gasteiger partial charge in [-0.2, -0.15) is 0 Å². The first kappa shape index (κ1) is 28.4. The van der Waals surface area contributed by atoms with Gasteiger partial charge in [0.05, 0.1) is 11.9 Å². The van der Waals surface area contributed by atoms with Crippen molar-refractivity contribution in [3.8, 4) is 0 Å². The lowest BCUT2D eigenvalue weighted by Crippen LogP contribution is -2.53. The number of nitrogens with one attached hydrogen (secondary N) is 1. The Morgan fingerprint density at radius 1 is 0.919 bits per heavy atom. The molecule has 0 spiro atoms. The molecule has 0 bridgehead atoms. The van der Waals surface area contributed by atoms with Crippen LogP contribution >= 0.6 is 15.9 Å². The van der Waals surface area contributed by atoms with Crippen molar-refractivity contribution in [3.63, 3.8) is 0 Å². The molecule has 0 aliphatic rings. The summed E-state index contributed by atoms with van der Waals surface area (Å²) in [5.41, 5.74) is 2.87. The van der Waals surface area contributed by atoms with Crippen molar-refractivity contribution in [2.75, 3.05) is 23.7 Å². The standard InChI is InChI=1S/C28H32BrN3O4S/c1-4-30-28(34)26(18-22-11-6-5-7-12-22)31(19-23-14-16-24(29)17-15-23)27(33)20-32(37(3,35)36)25-13-9-8-10-21(25)2/h5-17,26H,4,18-20H2,1-3H3,(H,30,34)/t26-/m0/s1. The van der Waals surface area contributed by atoms with E-state index < -0.39 is 28.5 Å². The lowest BCUT2D eigenvalue weighted by Gasteiger charge is -2.33. The molecule has 3 aromatic carbocycles. The SMILES string of the molecule is CCNC(=O)[C@H](Cc1ccccc1)N(Cc1ccc(Br)cc1)C(=O)CN(c1ccccc1C)S(C)(=O)=O. The average molecular weight is 587 g/mol. The lowest BCUT2D eigenvalue weighted by molar-refractivity contribution is -0.140. The fourth-order valence-electron chi connectivity index (χ4n) is 4.07. The number of likely N-dealkylation sites (N-methyl/N-ethyl adjacent to an activating group) is 1. The zero-order valence-electron chi connectivity index (χ0n) is 21.2. The molecule has 1 N–H and O–H groups in total. The zero-order valence-corrected chi connectivity index (χ0v) is 23.6. The van der Waals surface area contributed by atoms with Crippen LogP contribution in [-0.4, -0.2) is 50.5 Å². The molecule has 0 radical (unpaired) electrons. The molecule has 0 heterocycles. The summed E-state index contributed by atoms with van der Waals surface area (Å²) in [4.78, 5) is 28.7. The minimum absolute atomic E-state index is 0.145. The lowest BCUT2D eigenvalue weighted by atomic mass is 10.0. The largest absolute Gasteiger partial charge is 0.355 e. The number of para-hydroxylation sites is 1. The van der Waals surface area contributed by atoms with Gasteiger partial charge in [-0.1, -0.05) is 76.6 Å². The van der Waals surface area contributed by atoms with Crippen molar-refractivity contribution in [1.29, 1.82) is 0 Å². The van der Waals surface area contributed by atoms with Gasteiger partial charge in [0.1, 0.15) is 12.6 Å². The van der Waals surface area contributed by atoms with E-state index in [0.29, 0.717) is 12.2 Å². The van der Waals surface area contributed by atoms with Gasteiger partial charge in [-0.3, -0.25) is 13.9 Å². The monoisotopic (exact) mass is 585 g/mol. The number of benzene rings is 3. The molecule has 3 aromatic rings. The maximum atomic E-state index is 13.9. The predicted molar refractivity (Wildman–Crippen MR) is 151 cm³/mol. The Morgan fingerprint density at radius 2 is 1.54 bits per heavy atom. The Morgan fingerprint density at radius 3 is 2.14 bits per heavy atom. The number of anilines is 1. The molecular formula is C28H32BrN3O4S. The summed E-state index contributed by atoms with van der Waals surface area (Å²) in [7, 11) is -3.78. The van der Waals surface area contributed by atoms with E-state index in [2.05, 4.69) is 21.2 Å². The van der Waals surface area contributed by atoms with Gasteiger partial charge in [-0.25, -0.2) is 8.42 Å². The van der Waals surface area contributed by atoms with E-state index in [1.165, 1.54) is 4.90 Å². The average Bonchev–Trinajstić information content (AvgIpc) is 2.86. The molecule has 0 aliphatic carbocycles. The van der Waals surface area contributed by atoms with E-state index in [-0.39, 0.29) is 18.9 Å². The number of sulfonamides is 1. The van der Waals surface area contributed by atoms with Crippen molar-refractivity contribution >= 4 is 43.5 Å². The van der Waals surface area contributed by atoms with Crippen molar-refractivity contribution in [1.82, 2.24) is 10.2 Å². The highest BCUT2D eigenvalue weighted by Gasteiger charge is 2.33. The zero-order chi connectivity index (χ0) is 27.0. The van der Waals surface area contributed by atoms with E-state index in [0.717, 1.165) is 31.7 Å². The maximum Gasteiger partial charge on any atom is 0.244 e. The summed E-state index contributed by atoms with van der Waals surface area (Å²) in [6.07, 6.45) is 1.37. The van der Waals surface area contributed by atoms with Crippen LogP contribution in [0.25, 0.3) is 0 Å². The van der Waals surface area contributed by atoms with Gasteiger partial charge < -0.3 is 10.2 Å².